The van der Waals surface area contributed by atoms with E-state index in [1.807, 2.05) is 12.1 Å². The molecule has 13 heteroatoms. The summed E-state index contributed by atoms with van der Waals surface area (Å²) in [6, 6.07) is 12.5. The van der Waals surface area contributed by atoms with E-state index in [1.165, 1.54) is 51.7 Å². The van der Waals surface area contributed by atoms with Crippen molar-refractivity contribution in [3.05, 3.63) is 77.1 Å². The lowest BCUT2D eigenvalue weighted by molar-refractivity contribution is 0.354. The molecule has 0 atom stereocenters. The van der Waals surface area contributed by atoms with Crippen LogP contribution in [0.1, 0.15) is 22.4 Å². The minimum absolute atomic E-state index is 0.0424. The van der Waals surface area contributed by atoms with Crippen LogP contribution in [0.15, 0.2) is 59.6 Å². The molecule has 0 saturated heterocycles. The molecule has 12 nitrogen and oxygen atoms in total. The number of nitrogen functional groups attached to an aromatic ring is 3. The number of hydrogen-bond acceptors (Lipinski definition) is 11. The van der Waals surface area contributed by atoms with E-state index in [2.05, 4.69) is 31.5 Å². The first-order chi connectivity index (χ1) is 19.1. The Bertz CT molecular complexity index is 1720. The number of rotatable bonds is 8. The van der Waals surface area contributed by atoms with Gasteiger partial charge in [-0.1, -0.05) is 5.92 Å². The zero-order valence-corrected chi connectivity index (χ0v) is 22.7. The van der Waals surface area contributed by atoms with Gasteiger partial charge in [-0.2, -0.15) is 4.98 Å². The quantitative estimate of drug-likeness (QED) is 0.182. The normalized spacial score (nSPS) is 10.8. The molecule has 0 aliphatic rings. The van der Waals surface area contributed by atoms with Crippen molar-refractivity contribution < 1.29 is 22.6 Å². The van der Waals surface area contributed by atoms with Gasteiger partial charge >= 0.3 is 0 Å². The number of nitrogens with one attached hydrogen (secondary N) is 1. The molecule has 4 rings (SSSR count). The molecular weight excluding hydrogens is 534 g/mol. The topological polar surface area (TPSA) is 191 Å². The summed E-state index contributed by atoms with van der Waals surface area (Å²) in [6.45, 7) is 0. The fourth-order valence-corrected chi connectivity index (χ4v) is 4.79. The van der Waals surface area contributed by atoms with Crippen LogP contribution in [-0.4, -0.2) is 44.7 Å². The van der Waals surface area contributed by atoms with Crippen molar-refractivity contribution in [2.75, 3.05) is 43.3 Å². The molecule has 2 aromatic heterocycles. The number of anilines is 4. The van der Waals surface area contributed by atoms with Crippen LogP contribution in [0, 0.1) is 11.8 Å². The van der Waals surface area contributed by atoms with Gasteiger partial charge in [0.1, 0.15) is 17.2 Å². The van der Waals surface area contributed by atoms with Gasteiger partial charge in [0.15, 0.2) is 11.5 Å². The third-order valence-electron chi connectivity index (χ3n) is 5.66. The average Bonchev–Trinajstić information content (AvgIpc) is 2.93. The molecule has 0 fully saturated rings. The maximum absolute atomic E-state index is 12.8. The standard InChI is InChI=1S/C27H27N7O5S/c1-37-23-14-16(13-18-15-31-27(30)33-25(18)29)12-17(24(23)38-2)4-7-20-8-11-22(26(32-20)39-3)34-40(35,36)21-9-5-19(28)6-10-21/h5-6,8-12,14-15,34H,13,28H2,1-3H3,(H4,29,30,31,33). The van der Waals surface area contributed by atoms with Crippen LogP contribution in [-0.2, 0) is 16.4 Å². The number of nitrogens with zero attached hydrogens (tertiary/aromatic N) is 3. The van der Waals surface area contributed by atoms with Crippen LogP contribution in [0.4, 0.5) is 23.1 Å². The Morgan fingerprint density at radius 1 is 0.900 bits per heavy atom. The van der Waals surface area contributed by atoms with Gasteiger partial charge in [0, 0.05) is 23.9 Å². The number of aromatic nitrogens is 3. The fraction of sp³-hybridized carbons (Fsp3) is 0.148. The van der Waals surface area contributed by atoms with Crippen molar-refractivity contribution in [3.63, 3.8) is 0 Å². The molecule has 0 bridgehead atoms. The van der Waals surface area contributed by atoms with Crippen molar-refractivity contribution in [2.24, 2.45) is 0 Å². The largest absolute Gasteiger partial charge is 0.493 e. The number of pyridine rings is 1. The molecule has 0 aliphatic heterocycles. The Balaban J connectivity index is 1.65. The maximum Gasteiger partial charge on any atom is 0.262 e. The van der Waals surface area contributed by atoms with E-state index >= 15 is 0 Å². The Labute approximate surface area is 231 Å². The van der Waals surface area contributed by atoms with Gasteiger partial charge in [0.05, 0.1) is 31.8 Å². The minimum atomic E-state index is -3.90. The van der Waals surface area contributed by atoms with E-state index in [1.54, 1.807) is 12.3 Å². The lowest BCUT2D eigenvalue weighted by Gasteiger charge is -2.13. The Kier molecular flexibility index (Phi) is 8.11. The van der Waals surface area contributed by atoms with Crippen LogP contribution in [0.5, 0.6) is 17.4 Å². The molecule has 0 aliphatic carbocycles. The molecule has 0 saturated carbocycles. The molecule has 4 aromatic rings. The van der Waals surface area contributed by atoms with Crippen molar-refractivity contribution in [3.8, 4) is 29.2 Å². The van der Waals surface area contributed by atoms with E-state index in [4.69, 9.17) is 31.4 Å². The predicted molar refractivity (Wildman–Crippen MR) is 152 cm³/mol. The summed E-state index contributed by atoms with van der Waals surface area (Å²) < 4.78 is 44.5. The molecule has 0 unspecified atom stereocenters. The summed E-state index contributed by atoms with van der Waals surface area (Å²) in [5.41, 5.74) is 20.2. The zero-order valence-electron chi connectivity index (χ0n) is 21.9. The van der Waals surface area contributed by atoms with Gasteiger partial charge in [-0.3, -0.25) is 4.72 Å². The number of methoxy groups -OCH3 is 3. The summed E-state index contributed by atoms with van der Waals surface area (Å²) in [5.74, 6) is 7.33. The van der Waals surface area contributed by atoms with Crippen molar-refractivity contribution in [1.29, 1.82) is 0 Å². The van der Waals surface area contributed by atoms with E-state index < -0.39 is 10.0 Å². The summed E-state index contributed by atoms with van der Waals surface area (Å²) in [6.07, 6.45) is 1.97. The maximum atomic E-state index is 12.8. The number of benzene rings is 2. The predicted octanol–water partition coefficient (Wildman–Crippen LogP) is 2.44. The van der Waals surface area contributed by atoms with Crippen molar-refractivity contribution in [2.45, 2.75) is 11.3 Å². The highest BCUT2D eigenvalue weighted by atomic mass is 32.2. The molecule has 7 N–H and O–H groups in total. The molecule has 206 valence electrons. The van der Waals surface area contributed by atoms with Crippen molar-refractivity contribution in [1.82, 2.24) is 15.0 Å². The highest BCUT2D eigenvalue weighted by molar-refractivity contribution is 7.92. The third-order valence-corrected chi connectivity index (χ3v) is 7.04. The Morgan fingerprint density at radius 3 is 2.30 bits per heavy atom. The summed E-state index contributed by atoms with van der Waals surface area (Å²) in [7, 11) is 0.515. The SMILES string of the molecule is COc1cc(Cc2cnc(N)nc2N)cc(C#Cc2ccc(NS(=O)(=O)c3ccc(N)cc3)c(OC)n2)c1OC. The van der Waals surface area contributed by atoms with Crippen LogP contribution in [0.25, 0.3) is 0 Å². The van der Waals surface area contributed by atoms with E-state index in [0.717, 1.165) is 5.56 Å². The second-order valence-electron chi connectivity index (χ2n) is 8.37. The van der Waals surface area contributed by atoms with E-state index in [-0.39, 0.29) is 28.2 Å². The first-order valence-corrected chi connectivity index (χ1v) is 13.2. The van der Waals surface area contributed by atoms with Gasteiger partial charge in [-0.25, -0.2) is 18.4 Å². The van der Waals surface area contributed by atoms with Gasteiger partial charge < -0.3 is 31.4 Å². The van der Waals surface area contributed by atoms with Gasteiger partial charge in [0.25, 0.3) is 10.0 Å². The molecule has 0 spiro atoms. The molecular formula is C27H27N7O5S. The van der Waals surface area contributed by atoms with Crippen LogP contribution in [0.2, 0.25) is 0 Å². The van der Waals surface area contributed by atoms with Crippen molar-refractivity contribution >= 4 is 33.2 Å². The second-order valence-corrected chi connectivity index (χ2v) is 10.1. The lowest BCUT2D eigenvalue weighted by Crippen LogP contribution is -2.14. The van der Waals surface area contributed by atoms with Gasteiger partial charge in [-0.15, -0.1) is 0 Å². The van der Waals surface area contributed by atoms with Gasteiger partial charge in [-0.05, 0) is 60.0 Å². The molecule has 40 heavy (non-hydrogen) atoms. The molecule has 0 radical (unpaired) electrons. The number of ether oxygens (including phenoxy) is 3. The highest BCUT2D eigenvalue weighted by Crippen LogP contribution is 2.33. The van der Waals surface area contributed by atoms with Crippen LogP contribution in [0.3, 0.4) is 0 Å². The summed E-state index contributed by atoms with van der Waals surface area (Å²) in [4.78, 5) is 12.4. The molecule has 0 amide bonds. The van der Waals surface area contributed by atoms with Crippen LogP contribution < -0.4 is 36.1 Å². The van der Waals surface area contributed by atoms with Crippen LogP contribution >= 0.6 is 0 Å². The fourth-order valence-electron chi connectivity index (χ4n) is 3.73. The lowest BCUT2D eigenvalue weighted by atomic mass is 10.0. The summed E-state index contributed by atoms with van der Waals surface area (Å²) >= 11 is 0. The third kappa shape index (κ3) is 6.25. The monoisotopic (exact) mass is 561 g/mol. The number of nitrogens with two attached hydrogens (primary N) is 3. The highest BCUT2D eigenvalue weighted by Gasteiger charge is 2.18. The van der Waals surface area contributed by atoms with E-state index in [9.17, 15) is 8.42 Å². The minimum Gasteiger partial charge on any atom is -0.493 e. The first kappa shape index (κ1) is 27.8. The van der Waals surface area contributed by atoms with Gasteiger partial charge in [0.2, 0.25) is 11.8 Å². The Hall–Kier alpha value is -5.22. The molecule has 2 aromatic carbocycles. The number of hydrogen-bond donors (Lipinski definition) is 4. The number of sulfonamides is 1. The second kappa shape index (κ2) is 11.7. The van der Waals surface area contributed by atoms with E-state index in [0.29, 0.717) is 40.4 Å². The smallest absolute Gasteiger partial charge is 0.262 e. The Morgan fingerprint density at radius 2 is 1.65 bits per heavy atom. The first-order valence-electron chi connectivity index (χ1n) is 11.7. The summed E-state index contributed by atoms with van der Waals surface area (Å²) in [5, 5.41) is 0. The average molecular weight is 562 g/mol. The zero-order chi connectivity index (χ0) is 28.9. The molecule has 2 heterocycles.